The molecule has 6 heteroatoms. The van der Waals surface area contributed by atoms with Crippen LogP contribution in [0.3, 0.4) is 0 Å². The van der Waals surface area contributed by atoms with Gasteiger partial charge in [-0.15, -0.1) is 0 Å². The van der Waals surface area contributed by atoms with Gasteiger partial charge in [-0.1, -0.05) is 0 Å². The molecular formula is C15H18O6. The number of esters is 1. The molecule has 1 rings (SSSR count). The third kappa shape index (κ3) is 5.18. The molecule has 1 aromatic rings. The highest BCUT2D eigenvalue weighted by Gasteiger charge is 2.15. The molecule has 0 saturated heterocycles. The van der Waals surface area contributed by atoms with Crippen molar-refractivity contribution >= 4 is 18.0 Å². The highest BCUT2D eigenvalue weighted by molar-refractivity contribution is 5.98. The number of hydrogen-bond donors (Lipinski definition) is 1. The first-order valence-electron chi connectivity index (χ1n) is 6.32. The summed E-state index contributed by atoms with van der Waals surface area (Å²) in [6, 6.07) is 5.02. The average molecular weight is 294 g/mol. The normalized spacial score (nSPS) is 10.9. The number of benzene rings is 1. The highest BCUT2D eigenvalue weighted by Crippen LogP contribution is 2.24. The van der Waals surface area contributed by atoms with Crippen LogP contribution >= 0.6 is 0 Å². The Morgan fingerprint density at radius 2 is 1.71 bits per heavy atom. The molecule has 0 aliphatic rings. The summed E-state index contributed by atoms with van der Waals surface area (Å²) < 4.78 is 15.1. The third-order valence-electron chi connectivity index (χ3n) is 2.59. The fourth-order valence-corrected chi connectivity index (χ4v) is 1.68. The second-order valence-corrected chi connectivity index (χ2v) is 4.11. The minimum atomic E-state index is -1.11. The molecule has 0 aliphatic heterocycles. The number of rotatable bonds is 7. The maximum atomic E-state index is 11.8. The molecule has 1 aromatic carbocycles. The van der Waals surface area contributed by atoms with E-state index in [0.717, 1.165) is 0 Å². The van der Waals surface area contributed by atoms with Crippen molar-refractivity contribution in [3.63, 3.8) is 0 Å². The predicted molar refractivity (Wildman–Crippen MR) is 76.4 cm³/mol. The molecular weight excluding hydrogens is 276 g/mol. The van der Waals surface area contributed by atoms with E-state index in [1.54, 1.807) is 25.1 Å². The van der Waals surface area contributed by atoms with Gasteiger partial charge in [-0.2, -0.15) is 0 Å². The van der Waals surface area contributed by atoms with Crippen molar-refractivity contribution in [1.29, 1.82) is 0 Å². The summed E-state index contributed by atoms with van der Waals surface area (Å²) >= 11 is 0. The number of hydrogen-bond acceptors (Lipinski definition) is 5. The van der Waals surface area contributed by atoms with Crippen molar-refractivity contribution in [2.75, 3.05) is 20.8 Å². The Morgan fingerprint density at radius 3 is 2.14 bits per heavy atom. The Kier molecular flexibility index (Phi) is 6.26. The van der Waals surface area contributed by atoms with Gasteiger partial charge in [-0.05, 0) is 30.7 Å². The summed E-state index contributed by atoms with van der Waals surface area (Å²) in [5, 5.41) is 8.88. The van der Waals surface area contributed by atoms with Crippen LogP contribution in [0.2, 0.25) is 0 Å². The summed E-state index contributed by atoms with van der Waals surface area (Å²) in [7, 11) is 3.01. The summed E-state index contributed by atoms with van der Waals surface area (Å²) in [6.45, 7) is 1.84. The van der Waals surface area contributed by atoms with Crippen molar-refractivity contribution in [3.05, 3.63) is 29.3 Å². The molecule has 6 nitrogen and oxygen atoms in total. The molecule has 0 aromatic heterocycles. The van der Waals surface area contributed by atoms with E-state index < -0.39 is 18.4 Å². The number of ether oxygens (including phenoxy) is 3. The van der Waals surface area contributed by atoms with Crippen LogP contribution in [0.25, 0.3) is 6.08 Å². The van der Waals surface area contributed by atoms with Crippen molar-refractivity contribution in [1.82, 2.24) is 0 Å². The van der Waals surface area contributed by atoms with E-state index in [-0.39, 0.29) is 12.2 Å². The van der Waals surface area contributed by atoms with Crippen LogP contribution < -0.4 is 9.47 Å². The molecule has 0 aliphatic carbocycles. The number of carbonyl (C=O) groups is 2. The van der Waals surface area contributed by atoms with Gasteiger partial charge >= 0.3 is 11.9 Å². The van der Waals surface area contributed by atoms with Crippen molar-refractivity contribution in [2.24, 2.45) is 0 Å². The lowest BCUT2D eigenvalue weighted by Gasteiger charge is -2.08. The van der Waals surface area contributed by atoms with Gasteiger partial charge in [-0.3, -0.25) is 4.79 Å². The number of aliphatic carboxylic acids is 1. The summed E-state index contributed by atoms with van der Waals surface area (Å²) in [5.74, 6) is -0.677. The van der Waals surface area contributed by atoms with Crippen molar-refractivity contribution in [3.8, 4) is 11.5 Å². The van der Waals surface area contributed by atoms with E-state index in [1.165, 1.54) is 20.3 Å². The first kappa shape index (κ1) is 16.6. The van der Waals surface area contributed by atoms with Gasteiger partial charge in [0.05, 0.1) is 27.2 Å². The van der Waals surface area contributed by atoms with Gasteiger partial charge in [-0.25, -0.2) is 4.79 Å². The molecule has 21 heavy (non-hydrogen) atoms. The van der Waals surface area contributed by atoms with Gasteiger partial charge < -0.3 is 19.3 Å². The smallest absolute Gasteiger partial charge is 0.334 e. The summed E-state index contributed by atoms with van der Waals surface area (Å²) in [6.07, 6.45) is 1.04. The van der Waals surface area contributed by atoms with E-state index in [4.69, 9.17) is 19.3 Å². The van der Waals surface area contributed by atoms with Crippen LogP contribution in [0.15, 0.2) is 23.8 Å². The van der Waals surface area contributed by atoms with E-state index in [2.05, 4.69) is 0 Å². The molecule has 0 spiro atoms. The molecule has 0 unspecified atom stereocenters. The minimum Gasteiger partial charge on any atom is -0.497 e. The summed E-state index contributed by atoms with van der Waals surface area (Å²) in [4.78, 5) is 22.6. The molecule has 0 saturated carbocycles. The predicted octanol–water partition coefficient (Wildman–Crippen LogP) is 2.12. The van der Waals surface area contributed by atoms with E-state index in [0.29, 0.717) is 17.1 Å². The zero-order chi connectivity index (χ0) is 15.8. The fourth-order valence-electron chi connectivity index (χ4n) is 1.68. The Bertz CT molecular complexity index is 525. The topological polar surface area (TPSA) is 82.1 Å². The average Bonchev–Trinajstić information content (AvgIpc) is 2.45. The number of carboxylic acid groups (broad SMARTS) is 1. The van der Waals surface area contributed by atoms with Crippen LogP contribution in [0.4, 0.5) is 0 Å². The van der Waals surface area contributed by atoms with E-state index in [9.17, 15) is 9.59 Å². The molecule has 0 atom stereocenters. The maximum absolute atomic E-state index is 11.8. The molecule has 1 N–H and O–H groups in total. The quantitative estimate of drug-likeness (QED) is 0.612. The Balaban J connectivity index is 3.19. The zero-order valence-corrected chi connectivity index (χ0v) is 12.2. The number of methoxy groups -OCH3 is 2. The highest BCUT2D eigenvalue weighted by atomic mass is 16.5. The second-order valence-electron chi connectivity index (χ2n) is 4.11. The molecule has 114 valence electrons. The molecule has 0 radical (unpaired) electrons. The maximum Gasteiger partial charge on any atom is 0.334 e. The van der Waals surface area contributed by atoms with Crippen LogP contribution in [0.1, 0.15) is 18.9 Å². The van der Waals surface area contributed by atoms with E-state index in [1.807, 2.05) is 0 Å². The molecule has 0 heterocycles. The molecule has 0 fully saturated rings. The second kappa shape index (κ2) is 7.94. The van der Waals surface area contributed by atoms with Gasteiger partial charge in [0.1, 0.15) is 11.5 Å². The Hall–Kier alpha value is -2.50. The minimum absolute atomic E-state index is 0.0552. The van der Waals surface area contributed by atoms with E-state index >= 15 is 0 Å². The standard InChI is InChI=1S/C15H18O6/c1-4-21-15(18)11(8-14(16)17)5-10-6-12(19-2)9-13(7-10)20-3/h5-7,9H,4,8H2,1-3H3,(H,16,17). The van der Waals surface area contributed by atoms with Gasteiger partial charge in [0.15, 0.2) is 0 Å². The molecule has 0 amide bonds. The lowest BCUT2D eigenvalue weighted by molar-refractivity contribution is -0.142. The van der Waals surface area contributed by atoms with Crippen LogP contribution in [-0.4, -0.2) is 37.9 Å². The SMILES string of the molecule is CCOC(=O)C(=Cc1cc(OC)cc(OC)c1)CC(=O)O. The van der Waals surface area contributed by atoms with Gasteiger partial charge in [0.2, 0.25) is 0 Å². The lowest BCUT2D eigenvalue weighted by Crippen LogP contribution is -2.11. The Labute approximate surface area is 122 Å². The zero-order valence-electron chi connectivity index (χ0n) is 12.2. The Morgan fingerprint density at radius 1 is 1.14 bits per heavy atom. The third-order valence-corrected chi connectivity index (χ3v) is 2.59. The van der Waals surface area contributed by atoms with Gasteiger partial charge in [0, 0.05) is 11.6 Å². The van der Waals surface area contributed by atoms with Crippen LogP contribution in [0, 0.1) is 0 Å². The fraction of sp³-hybridized carbons (Fsp3) is 0.333. The van der Waals surface area contributed by atoms with Crippen molar-refractivity contribution < 1.29 is 28.9 Å². The number of carbonyl (C=O) groups excluding carboxylic acids is 1. The molecule has 0 bridgehead atoms. The lowest BCUT2D eigenvalue weighted by atomic mass is 10.1. The van der Waals surface area contributed by atoms with Crippen LogP contribution in [0.5, 0.6) is 11.5 Å². The first-order valence-corrected chi connectivity index (χ1v) is 6.32. The first-order chi connectivity index (χ1) is 9.99. The summed E-state index contributed by atoms with van der Waals surface area (Å²) in [5.41, 5.74) is 0.648. The van der Waals surface area contributed by atoms with Crippen LogP contribution in [-0.2, 0) is 14.3 Å². The largest absolute Gasteiger partial charge is 0.497 e. The monoisotopic (exact) mass is 294 g/mol. The van der Waals surface area contributed by atoms with Gasteiger partial charge in [0.25, 0.3) is 0 Å². The number of carboxylic acids is 1. The van der Waals surface area contributed by atoms with Crippen molar-refractivity contribution in [2.45, 2.75) is 13.3 Å².